The van der Waals surface area contributed by atoms with Crippen molar-refractivity contribution >= 4 is 26.8 Å². The van der Waals surface area contributed by atoms with Gasteiger partial charge in [0.15, 0.2) is 23.1 Å². The molecule has 6 heteroatoms. The minimum Gasteiger partial charge on any atom is -0.493 e. The number of aromatic nitrogens is 1. The molecule has 0 radical (unpaired) electrons. The summed E-state index contributed by atoms with van der Waals surface area (Å²) < 4.78 is 17.6. The highest BCUT2D eigenvalue weighted by molar-refractivity contribution is 9.10. The quantitative estimate of drug-likeness (QED) is 0.660. The second-order valence-electron chi connectivity index (χ2n) is 6.40. The summed E-state index contributed by atoms with van der Waals surface area (Å²) in [6.07, 6.45) is 1.90. The number of pyridine rings is 1. The standard InChI is InChI=1S/C21H19BrN2O3/c1-11-4-5-12-6-7-14-15(10-18(23)27-20(14)19(12)24-11)13-8-16(22)21(26-3)17(9-13)25-2/h4-10,15H,23H2,1-3H3. The Labute approximate surface area is 165 Å². The van der Waals surface area contributed by atoms with Gasteiger partial charge in [-0.2, -0.15) is 0 Å². The van der Waals surface area contributed by atoms with Crippen molar-refractivity contribution in [1.82, 2.24) is 4.98 Å². The first-order chi connectivity index (χ1) is 13.0. The number of allylic oxidation sites excluding steroid dienone is 1. The zero-order valence-corrected chi connectivity index (χ0v) is 16.8. The van der Waals surface area contributed by atoms with E-state index in [1.807, 2.05) is 37.3 Å². The normalized spacial score (nSPS) is 15.7. The van der Waals surface area contributed by atoms with Gasteiger partial charge in [0.25, 0.3) is 0 Å². The maximum absolute atomic E-state index is 6.11. The van der Waals surface area contributed by atoms with Gasteiger partial charge in [-0.25, -0.2) is 4.98 Å². The summed E-state index contributed by atoms with van der Waals surface area (Å²) in [5, 5.41) is 1.02. The summed E-state index contributed by atoms with van der Waals surface area (Å²) in [5.41, 5.74) is 9.88. The van der Waals surface area contributed by atoms with Crippen LogP contribution in [0.25, 0.3) is 10.9 Å². The van der Waals surface area contributed by atoms with Gasteiger partial charge in [-0.15, -0.1) is 0 Å². The van der Waals surface area contributed by atoms with E-state index in [9.17, 15) is 0 Å². The molecule has 0 spiro atoms. The highest BCUT2D eigenvalue weighted by Gasteiger charge is 2.26. The molecule has 0 amide bonds. The molecule has 5 nitrogen and oxygen atoms in total. The SMILES string of the molecule is COc1cc(C2C=C(N)Oc3c2ccc2ccc(C)nc32)cc(Br)c1OC. The molecule has 2 N–H and O–H groups in total. The number of fused-ring (bicyclic) bond motifs is 3. The van der Waals surface area contributed by atoms with Gasteiger partial charge in [0.2, 0.25) is 0 Å². The van der Waals surface area contributed by atoms with Gasteiger partial charge in [0.1, 0.15) is 5.52 Å². The van der Waals surface area contributed by atoms with Crippen LogP contribution in [0.5, 0.6) is 17.2 Å². The van der Waals surface area contributed by atoms with Crippen LogP contribution in [-0.2, 0) is 0 Å². The van der Waals surface area contributed by atoms with E-state index in [0.29, 0.717) is 23.1 Å². The molecule has 0 aliphatic carbocycles. The fraction of sp³-hybridized carbons (Fsp3) is 0.190. The van der Waals surface area contributed by atoms with Crippen LogP contribution in [0, 0.1) is 6.92 Å². The number of aryl methyl sites for hydroxylation is 1. The molecule has 1 atom stereocenters. The second kappa shape index (κ2) is 6.78. The van der Waals surface area contributed by atoms with Gasteiger partial charge in [-0.05, 0) is 52.7 Å². The highest BCUT2D eigenvalue weighted by atomic mass is 79.9. The van der Waals surface area contributed by atoms with E-state index >= 15 is 0 Å². The predicted molar refractivity (Wildman–Crippen MR) is 108 cm³/mol. The average Bonchev–Trinajstić information content (AvgIpc) is 2.66. The second-order valence-corrected chi connectivity index (χ2v) is 7.25. The zero-order valence-electron chi connectivity index (χ0n) is 15.2. The maximum Gasteiger partial charge on any atom is 0.187 e. The third-order valence-corrected chi connectivity index (χ3v) is 5.28. The summed E-state index contributed by atoms with van der Waals surface area (Å²) in [6, 6.07) is 12.1. The van der Waals surface area contributed by atoms with Crippen LogP contribution in [0.2, 0.25) is 0 Å². The Morgan fingerprint density at radius 3 is 2.63 bits per heavy atom. The third kappa shape index (κ3) is 3.00. The van der Waals surface area contributed by atoms with Crippen LogP contribution < -0.4 is 19.9 Å². The third-order valence-electron chi connectivity index (χ3n) is 4.69. The average molecular weight is 427 g/mol. The molecule has 0 fully saturated rings. The number of ether oxygens (including phenoxy) is 3. The molecule has 0 saturated carbocycles. The molecular formula is C21H19BrN2O3. The zero-order chi connectivity index (χ0) is 19.1. The van der Waals surface area contributed by atoms with Crippen molar-refractivity contribution in [1.29, 1.82) is 0 Å². The van der Waals surface area contributed by atoms with Gasteiger partial charge in [0.05, 0.1) is 18.7 Å². The minimum absolute atomic E-state index is 0.0865. The van der Waals surface area contributed by atoms with Crippen molar-refractivity contribution in [2.75, 3.05) is 14.2 Å². The Hall–Kier alpha value is -2.73. The first kappa shape index (κ1) is 17.7. The molecule has 2 heterocycles. The van der Waals surface area contributed by atoms with Crippen molar-refractivity contribution in [3.8, 4) is 17.2 Å². The molecule has 27 heavy (non-hydrogen) atoms. The number of rotatable bonds is 3. The van der Waals surface area contributed by atoms with E-state index < -0.39 is 0 Å². The lowest BCUT2D eigenvalue weighted by Crippen LogP contribution is -2.16. The van der Waals surface area contributed by atoms with Crippen LogP contribution in [0.3, 0.4) is 0 Å². The molecular weight excluding hydrogens is 408 g/mol. The van der Waals surface area contributed by atoms with Crippen LogP contribution in [0.4, 0.5) is 0 Å². The lowest BCUT2D eigenvalue weighted by molar-refractivity contribution is 0.352. The summed E-state index contributed by atoms with van der Waals surface area (Å²) in [7, 11) is 3.24. The number of nitrogens with two attached hydrogens (primary N) is 1. The first-order valence-corrected chi connectivity index (χ1v) is 9.28. The van der Waals surface area contributed by atoms with E-state index in [1.165, 1.54) is 0 Å². The van der Waals surface area contributed by atoms with Gasteiger partial charge in [-0.1, -0.05) is 18.2 Å². The highest BCUT2D eigenvalue weighted by Crippen LogP contribution is 2.45. The molecule has 0 bridgehead atoms. The molecule has 1 aromatic heterocycles. The topological polar surface area (TPSA) is 66.6 Å². The number of halogens is 1. The lowest BCUT2D eigenvalue weighted by atomic mass is 9.88. The van der Waals surface area contributed by atoms with Gasteiger partial charge < -0.3 is 19.9 Å². The van der Waals surface area contributed by atoms with Crippen molar-refractivity contribution < 1.29 is 14.2 Å². The van der Waals surface area contributed by atoms with Crippen LogP contribution >= 0.6 is 15.9 Å². The van der Waals surface area contributed by atoms with Gasteiger partial charge in [0, 0.05) is 22.6 Å². The minimum atomic E-state index is -0.0865. The molecule has 3 aromatic rings. The number of benzene rings is 2. The monoisotopic (exact) mass is 426 g/mol. The van der Waals surface area contributed by atoms with Crippen molar-refractivity contribution in [3.63, 3.8) is 0 Å². The predicted octanol–water partition coefficient (Wildman–Crippen LogP) is 4.65. The fourth-order valence-corrected chi connectivity index (χ4v) is 4.05. The Morgan fingerprint density at radius 2 is 1.89 bits per heavy atom. The largest absolute Gasteiger partial charge is 0.493 e. The van der Waals surface area contributed by atoms with E-state index in [2.05, 4.69) is 33.0 Å². The summed E-state index contributed by atoms with van der Waals surface area (Å²) in [4.78, 5) is 4.67. The molecule has 1 aliphatic rings. The first-order valence-electron chi connectivity index (χ1n) is 8.48. The van der Waals surface area contributed by atoms with Crippen LogP contribution in [0.15, 0.2) is 52.8 Å². The van der Waals surface area contributed by atoms with Crippen LogP contribution in [0.1, 0.15) is 22.7 Å². The van der Waals surface area contributed by atoms with Crippen molar-refractivity contribution in [2.24, 2.45) is 5.73 Å². The van der Waals surface area contributed by atoms with Gasteiger partial charge in [-0.3, -0.25) is 0 Å². The Kier molecular flexibility index (Phi) is 4.44. The fourth-order valence-electron chi connectivity index (χ4n) is 3.43. The summed E-state index contributed by atoms with van der Waals surface area (Å²) in [6.45, 7) is 1.96. The molecule has 2 aromatic carbocycles. The lowest BCUT2D eigenvalue weighted by Gasteiger charge is -2.25. The molecule has 138 valence electrons. The number of hydrogen-bond donors (Lipinski definition) is 1. The van der Waals surface area contributed by atoms with Crippen molar-refractivity contribution in [2.45, 2.75) is 12.8 Å². The number of hydrogen-bond acceptors (Lipinski definition) is 5. The van der Waals surface area contributed by atoms with E-state index in [4.69, 9.17) is 19.9 Å². The Balaban J connectivity index is 1.93. The summed E-state index contributed by atoms with van der Waals surface area (Å²) in [5.74, 6) is 2.27. The van der Waals surface area contributed by atoms with E-state index in [0.717, 1.165) is 32.2 Å². The number of nitrogens with zero attached hydrogens (tertiary/aromatic N) is 1. The Bertz CT molecular complexity index is 1080. The smallest absolute Gasteiger partial charge is 0.187 e. The van der Waals surface area contributed by atoms with E-state index in [-0.39, 0.29) is 5.92 Å². The number of methoxy groups -OCH3 is 2. The molecule has 0 saturated heterocycles. The maximum atomic E-state index is 6.11. The van der Waals surface area contributed by atoms with Crippen LogP contribution in [-0.4, -0.2) is 19.2 Å². The molecule has 1 aliphatic heterocycles. The Morgan fingerprint density at radius 1 is 1.11 bits per heavy atom. The molecule has 1 unspecified atom stereocenters. The van der Waals surface area contributed by atoms with Gasteiger partial charge >= 0.3 is 0 Å². The van der Waals surface area contributed by atoms with Crippen molar-refractivity contribution in [3.05, 3.63) is 69.7 Å². The molecule has 4 rings (SSSR count). The van der Waals surface area contributed by atoms with E-state index in [1.54, 1.807) is 14.2 Å². The summed E-state index contributed by atoms with van der Waals surface area (Å²) >= 11 is 3.57.